The van der Waals surface area contributed by atoms with E-state index >= 15 is 0 Å². The quantitative estimate of drug-likeness (QED) is 0.503. The number of hydrogen-bond acceptors (Lipinski definition) is 5. The first-order valence-corrected chi connectivity index (χ1v) is 10.2. The highest BCUT2D eigenvalue weighted by Crippen LogP contribution is 2.23. The standard InChI is InChI=1S/C22H25N3O2S/c1-16-15-28-21(24-16)9-5-6-14-23-22(26)19-7-3-4-8-20(19)25-17-10-12-18(27-2)13-11-17/h3-4,7-8,10-13,15,25H,5-6,9,14H2,1-2H3,(H,23,26). The number of aromatic nitrogens is 1. The number of nitrogens with one attached hydrogen (secondary N) is 2. The van der Waals surface area contributed by atoms with Crippen molar-refractivity contribution in [2.45, 2.75) is 26.2 Å². The highest BCUT2D eigenvalue weighted by molar-refractivity contribution is 7.09. The molecule has 0 atom stereocenters. The zero-order valence-corrected chi connectivity index (χ0v) is 17.0. The van der Waals surface area contributed by atoms with Crippen LogP contribution in [0.25, 0.3) is 0 Å². The van der Waals surface area contributed by atoms with E-state index in [9.17, 15) is 4.79 Å². The van der Waals surface area contributed by atoms with E-state index in [4.69, 9.17) is 4.74 Å². The highest BCUT2D eigenvalue weighted by atomic mass is 32.1. The van der Waals surface area contributed by atoms with Crippen LogP contribution in [0.15, 0.2) is 53.9 Å². The van der Waals surface area contributed by atoms with Gasteiger partial charge in [-0.05, 0) is 62.6 Å². The zero-order chi connectivity index (χ0) is 19.8. The number of unbranched alkanes of at least 4 members (excludes halogenated alkanes) is 1. The summed E-state index contributed by atoms with van der Waals surface area (Å²) in [4.78, 5) is 17.1. The van der Waals surface area contributed by atoms with Crippen LogP contribution in [0.3, 0.4) is 0 Å². The molecule has 0 aliphatic carbocycles. The number of hydrogen-bond donors (Lipinski definition) is 2. The number of methoxy groups -OCH3 is 1. The van der Waals surface area contributed by atoms with Gasteiger partial charge in [-0.25, -0.2) is 4.98 Å². The molecular weight excluding hydrogens is 370 g/mol. The van der Waals surface area contributed by atoms with E-state index in [1.54, 1.807) is 18.4 Å². The summed E-state index contributed by atoms with van der Waals surface area (Å²) in [5, 5.41) is 9.56. The summed E-state index contributed by atoms with van der Waals surface area (Å²) in [5.41, 5.74) is 3.39. The fraction of sp³-hybridized carbons (Fsp3) is 0.273. The van der Waals surface area contributed by atoms with Crippen molar-refractivity contribution in [2.24, 2.45) is 0 Å². The van der Waals surface area contributed by atoms with Gasteiger partial charge in [0.05, 0.1) is 23.4 Å². The van der Waals surface area contributed by atoms with Gasteiger partial charge in [-0.1, -0.05) is 12.1 Å². The molecule has 1 amide bonds. The van der Waals surface area contributed by atoms with E-state index in [1.165, 1.54) is 0 Å². The zero-order valence-electron chi connectivity index (χ0n) is 16.2. The van der Waals surface area contributed by atoms with Crippen LogP contribution in [0, 0.1) is 6.92 Å². The lowest BCUT2D eigenvalue weighted by Gasteiger charge is -2.12. The van der Waals surface area contributed by atoms with Crippen LogP contribution in [-0.2, 0) is 6.42 Å². The van der Waals surface area contributed by atoms with Gasteiger partial charge in [0.2, 0.25) is 0 Å². The molecule has 146 valence electrons. The topological polar surface area (TPSA) is 63.2 Å². The number of para-hydroxylation sites is 1. The molecule has 0 saturated carbocycles. The van der Waals surface area contributed by atoms with Gasteiger partial charge >= 0.3 is 0 Å². The molecule has 3 aromatic rings. The molecule has 1 heterocycles. The van der Waals surface area contributed by atoms with Gasteiger partial charge in [0.1, 0.15) is 5.75 Å². The van der Waals surface area contributed by atoms with Crippen molar-refractivity contribution in [3.05, 3.63) is 70.2 Å². The first-order valence-electron chi connectivity index (χ1n) is 9.35. The number of anilines is 2. The van der Waals surface area contributed by atoms with Gasteiger partial charge in [-0.15, -0.1) is 11.3 Å². The number of carbonyl (C=O) groups is 1. The number of benzene rings is 2. The predicted molar refractivity (Wildman–Crippen MR) is 115 cm³/mol. The monoisotopic (exact) mass is 395 g/mol. The smallest absolute Gasteiger partial charge is 0.253 e. The predicted octanol–water partition coefficient (Wildman–Crippen LogP) is 4.96. The molecule has 0 bridgehead atoms. The molecule has 2 aromatic carbocycles. The van der Waals surface area contributed by atoms with E-state index in [1.807, 2.05) is 55.5 Å². The van der Waals surface area contributed by atoms with Gasteiger partial charge in [0, 0.05) is 23.3 Å². The van der Waals surface area contributed by atoms with E-state index in [0.717, 1.165) is 47.1 Å². The molecule has 0 radical (unpaired) electrons. The molecule has 5 nitrogen and oxygen atoms in total. The van der Waals surface area contributed by atoms with E-state index in [0.29, 0.717) is 12.1 Å². The van der Waals surface area contributed by atoms with Crippen molar-refractivity contribution in [1.29, 1.82) is 0 Å². The first-order chi connectivity index (χ1) is 13.7. The summed E-state index contributed by atoms with van der Waals surface area (Å²) in [6.45, 7) is 2.66. The number of carbonyl (C=O) groups excluding carboxylic acids is 1. The molecular formula is C22H25N3O2S. The molecule has 28 heavy (non-hydrogen) atoms. The lowest BCUT2D eigenvalue weighted by atomic mass is 10.1. The average molecular weight is 396 g/mol. The van der Waals surface area contributed by atoms with Crippen LogP contribution in [0.5, 0.6) is 5.75 Å². The van der Waals surface area contributed by atoms with Crippen LogP contribution in [0.2, 0.25) is 0 Å². The van der Waals surface area contributed by atoms with Crippen molar-refractivity contribution in [3.63, 3.8) is 0 Å². The molecule has 3 rings (SSSR count). The summed E-state index contributed by atoms with van der Waals surface area (Å²) in [7, 11) is 1.64. The minimum Gasteiger partial charge on any atom is -0.497 e. The maximum atomic E-state index is 12.6. The minimum absolute atomic E-state index is 0.0679. The largest absolute Gasteiger partial charge is 0.497 e. The molecule has 0 aliphatic heterocycles. The number of nitrogens with zero attached hydrogens (tertiary/aromatic N) is 1. The van der Waals surface area contributed by atoms with Crippen LogP contribution in [0.4, 0.5) is 11.4 Å². The summed E-state index contributed by atoms with van der Waals surface area (Å²) in [6.07, 6.45) is 2.90. The fourth-order valence-corrected chi connectivity index (χ4v) is 3.65. The summed E-state index contributed by atoms with van der Waals surface area (Å²) in [6, 6.07) is 15.1. The molecule has 2 N–H and O–H groups in total. The Balaban J connectivity index is 1.51. The third-order valence-electron chi connectivity index (χ3n) is 4.31. The van der Waals surface area contributed by atoms with Crippen LogP contribution in [0.1, 0.15) is 33.9 Å². The SMILES string of the molecule is COc1ccc(Nc2ccccc2C(=O)NCCCCc2nc(C)cs2)cc1. The molecule has 0 aliphatic rings. The van der Waals surface area contributed by atoms with Gasteiger partial charge in [-0.2, -0.15) is 0 Å². The summed E-state index contributed by atoms with van der Waals surface area (Å²) in [5.74, 6) is 0.728. The summed E-state index contributed by atoms with van der Waals surface area (Å²) >= 11 is 1.70. The third-order valence-corrected chi connectivity index (χ3v) is 5.34. The molecule has 1 aromatic heterocycles. The van der Waals surface area contributed by atoms with E-state index in [2.05, 4.69) is 21.0 Å². The molecule has 0 fully saturated rings. The summed E-state index contributed by atoms with van der Waals surface area (Å²) < 4.78 is 5.18. The third kappa shape index (κ3) is 5.57. The van der Waals surface area contributed by atoms with Crippen molar-refractivity contribution in [3.8, 4) is 5.75 Å². The number of amides is 1. The molecule has 6 heteroatoms. The maximum absolute atomic E-state index is 12.6. The van der Waals surface area contributed by atoms with Crippen molar-refractivity contribution in [1.82, 2.24) is 10.3 Å². The van der Waals surface area contributed by atoms with Gasteiger partial charge in [0.25, 0.3) is 5.91 Å². The van der Waals surface area contributed by atoms with Crippen LogP contribution in [-0.4, -0.2) is 24.5 Å². The number of thiazole rings is 1. The Kier molecular flexibility index (Phi) is 7.03. The lowest BCUT2D eigenvalue weighted by Crippen LogP contribution is -2.25. The van der Waals surface area contributed by atoms with Crippen LogP contribution >= 0.6 is 11.3 Å². The maximum Gasteiger partial charge on any atom is 0.253 e. The Labute approximate surface area is 169 Å². The van der Waals surface area contributed by atoms with E-state index < -0.39 is 0 Å². The van der Waals surface area contributed by atoms with Gasteiger partial charge in [-0.3, -0.25) is 4.79 Å². The van der Waals surface area contributed by atoms with Crippen LogP contribution < -0.4 is 15.4 Å². The van der Waals surface area contributed by atoms with Gasteiger partial charge in [0.15, 0.2) is 0 Å². The minimum atomic E-state index is -0.0679. The Bertz CT molecular complexity index is 906. The van der Waals surface area contributed by atoms with Crippen molar-refractivity contribution >= 4 is 28.6 Å². The fourth-order valence-electron chi connectivity index (χ4n) is 2.84. The van der Waals surface area contributed by atoms with Crippen molar-refractivity contribution in [2.75, 3.05) is 19.0 Å². The number of aryl methyl sites for hydroxylation is 2. The lowest BCUT2D eigenvalue weighted by molar-refractivity contribution is 0.0954. The Morgan fingerprint density at radius 1 is 1.11 bits per heavy atom. The second-order valence-electron chi connectivity index (χ2n) is 6.49. The Morgan fingerprint density at radius 3 is 2.61 bits per heavy atom. The second kappa shape index (κ2) is 9.90. The number of rotatable bonds is 9. The van der Waals surface area contributed by atoms with Crippen molar-refractivity contribution < 1.29 is 9.53 Å². The average Bonchev–Trinajstić information content (AvgIpc) is 3.13. The number of ether oxygens (including phenoxy) is 1. The second-order valence-corrected chi connectivity index (χ2v) is 7.44. The Morgan fingerprint density at radius 2 is 1.89 bits per heavy atom. The molecule has 0 spiro atoms. The molecule has 0 saturated heterocycles. The molecule has 0 unspecified atom stereocenters. The normalized spacial score (nSPS) is 10.5. The first kappa shape index (κ1) is 19.9. The van der Waals surface area contributed by atoms with E-state index in [-0.39, 0.29) is 5.91 Å². The van der Waals surface area contributed by atoms with Gasteiger partial charge < -0.3 is 15.4 Å². The highest BCUT2D eigenvalue weighted by Gasteiger charge is 2.10. The Hall–Kier alpha value is -2.86.